The highest BCUT2D eigenvalue weighted by Crippen LogP contribution is 2.69. The first-order valence-electron chi connectivity index (χ1n) is 9.14. The van der Waals surface area contributed by atoms with Gasteiger partial charge in [-0.15, -0.1) is 0 Å². The lowest BCUT2D eigenvalue weighted by molar-refractivity contribution is -0.139. The number of anilines is 1. The van der Waals surface area contributed by atoms with Gasteiger partial charge in [0, 0.05) is 24.2 Å². The Morgan fingerprint density at radius 1 is 0.852 bits per heavy atom. The Morgan fingerprint density at radius 2 is 1.41 bits per heavy atom. The predicted octanol–water partition coefficient (Wildman–Crippen LogP) is 0.0697. The van der Waals surface area contributed by atoms with E-state index in [0.717, 1.165) is 22.4 Å². The summed E-state index contributed by atoms with van der Waals surface area (Å²) in [6, 6.07) is 7.81. The topological polar surface area (TPSA) is 95.6 Å². The number of likely N-dealkylation sites (N-methyl/N-ethyl adjacent to an activating group) is 1. The molecule has 2 bridgehead atoms. The third-order valence-corrected chi connectivity index (χ3v) is 7.49. The molecule has 7 heteroatoms. The first kappa shape index (κ1) is 15.1. The Balaban J connectivity index is 1.77. The molecule has 4 unspecified atom stereocenters. The number of para-hydroxylation sites is 1. The smallest absolute Gasteiger partial charge is 0.233 e. The number of nitrogens with one attached hydrogen (secondary N) is 2. The number of allylic oxidation sites excluding steroid dienone is 1. The molecule has 4 atom stereocenters. The van der Waals surface area contributed by atoms with Crippen molar-refractivity contribution in [1.29, 1.82) is 0 Å². The number of hydrogen-bond donors (Lipinski definition) is 2. The van der Waals surface area contributed by atoms with Crippen molar-refractivity contribution in [3.8, 4) is 0 Å². The standard InChI is InChI=1S/C20H17N3O4/c1-7-10-11-14(18(26)21-16(11)24)20(15-12(10)17(25)22-19(15)27)13(7)8-5-3-4-6-9(8)23(20)2/h3-6,10-12,14-15H,1-2H3,(H,21,24,26)(H,22,25,27). The first-order valence-corrected chi connectivity index (χ1v) is 9.14. The van der Waals surface area contributed by atoms with Crippen LogP contribution in [0.1, 0.15) is 12.5 Å². The van der Waals surface area contributed by atoms with Crippen LogP contribution in [-0.2, 0) is 19.2 Å². The monoisotopic (exact) mass is 363 g/mol. The third kappa shape index (κ3) is 1.32. The average Bonchev–Trinajstić information content (AvgIpc) is 3.21. The van der Waals surface area contributed by atoms with Crippen LogP contribution >= 0.6 is 0 Å². The van der Waals surface area contributed by atoms with Gasteiger partial charge in [0.2, 0.25) is 23.6 Å². The third-order valence-electron chi connectivity index (χ3n) is 7.49. The van der Waals surface area contributed by atoms with Gasteiger partial charge in [-0.2, -0.15) is 0 Å². The minimum atomic E-state index is -1.01. The fraction of sp³-hybridized carbons (Fsp3) is 0.400. The fourth-order valence-electron chi connectivity index (χ4n) is 6.82. The highest BCUT2D eigenvalue weighted by atomic mass is 16.2. The SMILES string of the molecule is CC1=C2c3ccccc3N(C)C23C2C(=O)NC(=O)C2C1C1C(=O)NC(=O)C13. The number of benzene rings is 1. The number of amides is 4. The Labute approximate surface area is 154 Å². The lowest BCUT2D eigenvalue weighted by Crippen LogP contribution is -2.69. The van der Waals surface area contributed by atoms with Crippen LogP contribution in [0.25, 0.3) is 5.57 Å². The molecule has 1 aromatic rings. The maximum absolute atomic E-state index is 12.9. The van der Waals surface area contributed by atoms with Crippen molar-refractivity contribution >= 4 is 34.9 Å². The van der Waals surface area contributed by atoms with Crippen LogP contribution in [0.2, 0.25) is 0 Å². The molecule has 2 saturated heterocycles. The van der Waals surface area contributed by atoms with Crippen molar-refractivity contribution in [2.75, 3.05) is 11.9 Å². The van der Waals surface area contributed by atoms with E-state index in [4.69, 9.17) is 0 Å². The van der Waals surface area contributed by atoms with Crippen LogP contribution in [0, 0.1) is 29.6 Å². The van der Waals surface area contributed by atoms with Gasteiger partial charge in [-0.1, -0.05) is 23.8 Å². The van der Waals surface area contributed by atoms with Crippen molar-refractivity contribution < 1.29 is 19.2 Å². The molecule has 1 saturated carbocycles. The van der Waals surface area contributed by atoms with Crippen LogP contribution in [0.5, 0.6) is 0 Å². The lowest BCUT2D eigenvalue weighted by atomic mass is 9.45. The molecule has 27 heavy (non-hydrogen) atoms. The Morgan fingerprint density at radius 3 is 2.00 bits per heavy atom. The van der Waals surface area contributed by atoms with Gasteiger partial charge in [0.05, 0.1) is 29.2 Å². The zero-order valence-electron chi connectivity index (χ0n) is 14.8. The number of rotatable bonds is 0. The van der Waals surface area contributed by atoms with E-state index in [2.05, 4.69) is 10.6 Å². The number of carbonyl (C=O) groups excluding carboxylic acids is 4. The molecule has 3 fully saturated rings. The molecular weight excluding hydrogens is 346 g/mol. The average molecular weight is 363 g/mol. The van der Waals surface area contributed by atoms with Gasteiger partial charge in [-0.25, -0.2) is 0 Å². The quantitative estimate of drug-likeness (QED) is 0.636. The minimum absolute atomic E-state index is 0.331. The predicted molar refractivity (Wildman–Crippen MR) is 93.9 cm³/mol. The summed E-state index contributed by atoms with van der Waals surface area (Å²) in [7, 11) is 1.87. The minimum Gasteiger partial charge on any atom is -0.363 e. The van der Waals surface area contributed by atoms with E-state index in [9.17, 15) is 19.2 Å². The molecule has 3 aliphatic heterocycles. The van der Waals surface area contributed by atoms with Crippen molar-refractivity contribution in [3.63, 3.8) is 0 Å². The maximum Gasteiger partial charge on any atom is 0.233 e. The molecule has 2 N–H and O–H groups in total. The summed E-state index contributed by atoms with van der Waals surface area (Å²) in [5.41, 5.74) is 2.79. The summed E-state index contributed by atoms with van der Waals surface area (Å²) in [5, 5.41) is 4.96. The highest BCUT2D eigenvalue weighted by molar-refractivity contribution is 6.17. The summed E-state index contributed by atoms with van der Waals surface area (Å²) in [4.78, 5) is 53.2. The van der Waals surface area contributed by atoms with Crippen LogP contribution < -0.4 is 15.5 Å². The van der Waals surface area contributed by atoms with Gasteiger partial charge in [-0.3, -0.25) is 29.8 Å². The number of nitrogens with zero attached hydrogens (tertiary/aromatic N) is 1. The van der Waals surface area contributed by atoms with Gasteiger partial charge in [0.25, 0.3) is 0 Å². The molecular formula is C20H17N3O4. The van der Waals surface area contributed by atoms with Crippen LogP contribution in [0.3, 0.4) is 0 Å². The molecule has 3 aliphatic carbocycles. The number of hydrogen-bond acceptors (Lipinski definition) is 5. The molecule has 7 rings (SSSR count). The Hall–Kier alpha value is -2.96. The number of fused-ring (bicyclic) bond motifs is 1. The molecule has 0 aromatic heterocycles. The molecule has 1 spiro atoms. The summed E-state index contributed by atoms with van der Waals surface area (Å²) in [6.45, 7) is 1.95. The number of imide groups is 2. The lowest BCUT2D eigenvalue weighted by Gasteiger charge is -2.58. The summed E-state index contributed by atoms with van der Waals surface area (Å²) in [5.74, 6) is -4.37. The normalized spacial score (nSPS) is 40.7. The second kappa shape index (κ2) is 4.30. The molecule has 0 radical (unpaired) electrons. The largest absolute Gasteiger partial charge is 0.363 e. The molecule has 6 aliphatic rings. The second-order valence-electron chi connectivity index (χ2n) is 8.20. The van der Waals surface area contributed by atoms with Crippen LogP contribution in [0.15, 0.2) is 29.8 Å². The van der Waals surface area contributed by atoms with Crippen molar-refractivity contribution in [3.05, 3.63) is 35.4 Å². The second-order valence-corrected chi connectivity index (χ2v) is 8.20. The van der Waals surface area contributed by atoms with Crippen molar-refractivity contribution in [1.82, 2.24) is 10.6 Å². The zero-order chi connectivity index (χ0) is 18.8. The van der Waals surface area contributed by atoms with E-state index in [-0.39, 0.29) is 23.6 Å². The fourth-order valence-corrected chi connectivity index (χ4v) is 6.82. The van der Waals surface area contributed by atoms with Gasteiger partial charge >= 0.3 is 0 Å². The number of carbonyl (C=O) groups is 4. The van der Waals surface area contributed by atoms with Gasteiger partial charge in [0.1, 0.15) is 0 Å². The van der Waals surface area contributed by atoms with Crippen LogP contribution in [0.4, 0.5) is 5.69 Å². The van der Waals surface area contributed by atoms with E-state index in [1.54, 1.807) is 0 Å². The van der Waals surface area contributed by atoms with E-state index in [0.29, 0.717) is 0 Å². The first-order chi connectivity index (χ1) is 12.9. The molecule has 4 amide bonds. The summed E-state index contributed by atoms with van der Waals surface area (Å²) in [6.07, 6.45) is 0. The highest BCUT2D eigenvalue weighted by Gasteiger charge is 2.78. The Bertz CT molecular complexity index is 999. The van der Waals surface area contributed by atoms with E-state index in [1.807, 2.05) is 43.1 Å². The van der Waals surface area contributed by atoms with E-state index < -0.39 is 35.1 Å². The van der Waals surface area contributed by atoms with Crippen molar-refractivity contribution in [2.24, 2.45) is 29.6 Å². The Kier molecular flexibility index (Phi) is 2.41. The van der Waals surface area contributed by atoms with Crippen LogP contribution in [-0.4, -0.2) is 36.2 Å². The molecule has 3 heterocycles. The molecule has 136 valence electrons. The molecule has 7 nitrogen and oxygen atoms in total. The molecule has 1 aromatic carbocycles. The summed E-state index contributed by atoms with van der Waals surface area (Å²) >= 11 is 0. The maximum atomic E-state index is 12.9. The van der Waals surface area contributed by atoms with Gasteiger partial charge < -0.3 is 4.90 Å². The zero-order valence-corrected chi connectivity index (χ0v) is 14.8. The van der Waals surface area contributed by atoms with E-state index >= 15 is 0 Å². The van der Waals surface area contributed by atoms with Crippen molar-refractivity contribution in [2.45, 2.75) is 12.5 Å². The van der Waals surface area contributed by atoms with Gasteiger partial charge in [0.15, 0.2) is 0 Å². The van der Waals surface area contributed by atoms with E-state index in [1.165, 1.54) is 0 Å². The summed E-state index contributed by atoms with van der Waals surface area (Å²) < 4.78 is 0. The van der Waals surface area contributed by atoms with Gasteiger partial charge in [-0.05, 0) is 18.6 Å².